The Labute approximate surface area is 112 Å². The number of hydrogen-bond donors (Lipinski definition) is 1. The summed E-state index contributed by atoms with van der Waals surface area (Å²) in [6, 6.07) is 14.3. The van der Waals surface area contributed by atoms with Crippen LogP contribution in [0.5, 0.6) is 0 Å². The van der Waals surface area contributed by atoms with Crippen molar-refractivity contribution in [3.63, 3.8) is 0 Å². The number of nitrogens with zero attached hydrogens (tertiary/aromatic N) is 1. The summed E-state index contributed by atoms with van der Waals surface area (Å²) >= 11 is 0. The molecule has 2 aromatic carbocycles. The Kier molecular flexibility index (Phi) is 2.75. The highest BCUT2D eigenvalue weighted by Crippen LogP contribution is 2.35. The molecule has 0 saturated heterocycles. The van der Waals surface area contributed by atoms with Crippen molar-refractivity contribution >= 4 is 23.0 Å². The molecule has 0 aliphatic carbocycles. The molecule has 0 fully saturated rings. The summed E-state index contributed by atoms with van der Waals surface area (Å²) in [5.41, 5.74) is 5.40. The number of carbonyl (C=O) groups is 1. The first-order valence-electron chi connectivity index (χ1n) is 6.38. The number of carbonyl (C=O) groups excluding carboxylic acids is 1. The van der Waals surface area contributed by atoms with Crippen LogP contribution in [0.3, 0.4) is 0 Å². The van der Waals surface area contributed by atoms with Gasteiger partial charge >= 0.3 is 0 Å². The van der Waals surface area contributed by atoms with E-state index in [2.05, 4.69) is 42.3 Å². The summed E-state index contributed by atoms with van der Waals surface area (Å²) in [6.45, 7) is 4.51. The third-order valence-electron chi connectivity index (χ3n) is 3.29. The Morgan fingerprint density at radius 3 is 2.47 bits per heavy atom. The lowest BCUT2D eigenvalue weighted by Gasteiger charge is -2.31. The molecule has 0 radical (unpaired) electrons. The molecule has 3 heteroatoms. The number of rotatable bonds is 1. The maximum Gasteiger partial charge on any atom is 0.244 e. The zero-order valence-electron chi connectivity index (χ0n) is 11.1. The lowest BCUT2D eigenvalue weighted by atomic mass is 10.1. The van der Waals surface area contributed by atoms with Crippen molar-refractivity contribution in [1.29, 1.82) is 0 Å². The minimum Gasteiger partial charge on any atom is -0.330 e. The van der Waals surface area contributed by atoms with Crippen LogP contribution in [0, 0.1) is 13.8 Å². The smallest absolute Gasteiger partial charge is 0.244 e. The number of hydrogen-bond acceptors (Lipinski definition) is 2. The lowest BCUT2D eigenvalue weighted by Crippen LogP contribution is -2.35. The van der Waals surface area contributed by atoms with Gasteiger partial charge in [-0.25, -0.2) is 0 Å². The zero-order valence-corrected chi connectivity index (χ0v) is 11.1. The second-order valence-electron chi connectivity index (χ2n) is 5.00. The van der Waals surface area contributed by atoms with Gasteiger partial charge in [0.2, 0.25) is 5.91 Å². The maximum atomic E-state index is 11.8. The SMILES string of the molecule is Cc1cc(C)cc(N2CC(=O)Nc3ccccc32)c1. The van der Waals surface area contributed by atoms with E-state index in [0.29, 0.717) is 6.54 Å². The molecule has 1 N–H and O–H groups in total. The highest BCUT2D eigenvalue weighted by molar-refractivity contribution is 6.03. The summed E-state index contributed by atoms with van der Waals surface area (Å²) in [4.78, 5) is 13.9. The van der Waals surface area contributed by atoms with Crippen molar-refractivity contribution in [2.45, 2.75) is 13.8 Å². The van der Waals surface area contributed by atoms with E-state index in [1.54, 1.807) is 0 Å². The highest BCUT2D eigenvalue weighted by atomic mass is 16.2. The number of nitrogens with one attached hydrogen (secondary N) is 1. The monoisotopic (exact) mass is 252 g/mol. The minimum atomic E-state index is 0.0258. The van der Waals surface area contributed by atoms with E-state index < -0.39 is 0 Å². The van der Waals surface area contributed by atoms with Gasteiger partial charge in [-0.05, 0) is 49.2 Å². The zero-order chi connectivity index (χ0) is 13.4. The van der Waals surface area contributed by atoms with E-state index in [1.165, 1.54) is 11.1 Å². The van der Waals surface area contributed by atoms with Gasteiger partial charge in [0.25, 0.3) is 0 Å². The van der Waals surface area contributed by atoms with Crippen LogP contribution in [0.25, 0.3) is 0 Å². The number of amides is 1. The molecule has 0 bridgehead atoms. The van der Waals surface area contributed by atoms with E-state index in [9.17, 15) is 4.79 Å². The van der Waals surface area contributed by atoms with Gasteiger partial charge in [0.05, 0.1) is 11.4 Å². The van der Waals surface area contributed by atoms with Gasteiger partial charge in [0.1, 0.15) is 6.54 Å². The minimum absolute atomic E-state index is 0.0258. The summed E-state index contributed by atoms with van der Waals surface area (Å²) in [7, 11) is 0. The van der Waals surface area contributed by atoms with Crippen molar-refractivity contribution in [3.8, 4) is 0 Å². The van der Waals surface area contributed by atoms with Gasteiger partial charge in [-0.15, -0.1) is 0 Å². The van der Waals surface area contributed by atoms with Crippen molar-refractivity contribution in [2.75, 3.05) is 16.8 Å². The van der Waals surface area contributed by atoms with Crippen molar-refractivity contribution in [3.05, 3.63) is 53.6 Å². The predicted molar refractivity (Wildman–Crippen MR) is 78.0 cm³/mol. The van der Waals surface area contributed by atoms with E-state index in [0.717, 1.165) is 17.1 Å². The molecule has 1 aliphatic rings. The summed E-state index contributed by atoms with van der Waals surface area (Å²) < 4.78 is 0. The Balaban J connectivity index is 2.12. The largest absolute Gasteiger partial charge is 0.330 e. The molecular formula is C16H16N2O. The van der Waals surface area contributed by atoms with Gasteiger partial charge in [-0.2, -0.15) is 0 Å². The second-order valence-corrected chi connectivity index (χ2v) is 5.00. The van der Waals surface area contributed by atoms with Crippen LogP contribution in [-0.4, -0.2) is 12.5 Å². The van der Waals surface area contributed by atoms with Crippen LogP contribution in [0.1, 0.15) is 11.1 Å². The van der Waals surface area contributed by atoms with Gasteiger partial charge in [0, 0.05) is 5.69 Å². The molecule has 19 heavy (non-hydrogen) atoms. The summed E-state index contributed by atoms with van der Waals surface area (Å²) in [5.74, 6) is 0.0258. The molecule has 1 aliphatic heterocycles. The fraction of sp³-hybridized carbons (Fsp3) is 0.188. The fourth-order valence-corrected chi connectivity index (χ4v) is 2.57. The van der Waals surface area contributed by atoms with Crippen LogP contribution in [-0.2, 0) is 4.79 Å². The number of benzene rings is 2. The van der Waals surface area contributed by atoms with Crippen molar-refractivity contribution in [1.82, 2.24) is 0 Å². The Bertz CT molecular complexity index is 629. The Morgan fingerprint density at radius 2 is 1.74 bits per heavy atom. The van der Waals surface area contributed by atoms with Crippen LogP contribution >= 0.6 is 0 Å². The van der Waals surface area contributed by atoms with E-state index >= 15 is 0 Å². The predicted octanol–water partition coefficient (Wildman–Crippen LogP) is 3.39. The van der Waals surface area contributed by atoms with E-state index in [-0.39, 0.29) is 5.91 Å². The molecule has 0 atom stereocenters. The van der Waals surface area contributed by atoms with Crippen LogP contribution < -0.4 is 10.2 Å². The Hall–Kier alpha value is -2.29. The molecule has 0 aromatic heterocycles. The molecule has 96 valence electrons. The average molecular weight is 252 g/mol. The molecule has 3 rings (SSSR count). The first-order valence-corrected chi connectivity index (χ1v) is 6.38. The van der Waals surface area contributed by atoms with Crippen LogP contribution in [0.2, 0.25) is 0 Å². The van der Waals surface area contributed by atoms with Crippen molar-refractivity contribution < 1.29 is 4.79 Å². The van der Waals surface area contributed by atoms with Crippen LogP contribution in [0.4, 0.5) is 17.1 Å². The quantitative estimate of drug-likeness (QED) is 0.843. The second kappa shape index (κ2) is 4.43. The Morgan fingerprint density at radius 1 is 1.05 bits per heavy atom. The highest BCUT2D eigenvalue weighted by Gasteiger charge is 2.22. The standard InChI is InChI=1S/C16H16N2O/c1-11-7-12(2)9-13(8-11)18-10-16(19)17-14-5-3-4-6-15(14)18/h3-9H,10H2,1-2H3,(H,17,19). The van der Waals surface area contributed by atoms with Gasteiger partial charge in [-0.1, -0.05) is 18.2 Å². The first-order chi connectivity index (χ1) is 9.13. The van der Waals surface area contributed by atoms with Crippen LogP contribution in [0.15, 0.2) is 42.5 Å². The van der Waals surface area contributed by atoms with Crippen molar-refractivity contribution in [2.24, 2.45) is 0 Å². The molecule has 3 nitrogen and oxygen atoms in total. The molecule has 0 unspecified atom stereocenters. The molecule has 0 saturated carbocycles. The molecule has 1 heterocycles. The first kappa shape index (κ1) is 11.8. The molecular weight excluding hydrogens is 236 g/mol. The molecule has 2 aromatic rings. The normalized spacial score (nSPS) is 14.0. The van der Waals surface area contributed by atoms with Gasteiger partial charge in [-0.3, -0.25) is 4.79 Å². The number of fused-ring (bicyclic) bond motifs is 1. The third kappa shape index (κ3) is 2.19. The maximum absolute atomic E-state index is 11.8. The molecule has 0 spiro atoms. The van der Waals surface area contributed by atoms with Gasteiger partial charge < -0.3 is 10.2 Å². The van der Waals surface area contributed by atoms with E-state index in [1.807, 2.05) is 24.3 Å². The average Bonchev–Trinajstić information content (AvgIpc) is 2.36. The topological polar surface area (TPSA) is 32.3 Å². The number of para-hydroxylation sites is 2. The van der Waals surface area contributed by atoms with E-state index in [4.69, 9.17) is 0 Å². The summed E-state index contributed by atoms with van der Waals surface area (Å²) in [6.07, 6.45) is 0. The summed E-state index contributed by atoms with van der Waals surface area (Å²) in [5, 5.41) is 2.91. The lowest BCUT2D eigenvalue weighted by molar-refractivity contribution is -0.115. The number of anilines is 3. The fourth-order valence-electron chi connectivity index (χ4n) is 2.57. The van der Waals surface area contributed by atoms with Gasteiger partial charge in [0.15, 0.2) is 0 Å². The molecule has 1 amide bonds. The third-order valence-corrected chi connectivity index (χ3v) is 3.29. The number of aryl methyl sites for hydroxylation is 2.